The number of sulfone groups is 1. The van der Waals surface area contributed by atoms with E-state index < -0.39 is 9.84 Å². The van der Waals surface area contributed by atoms with Gasteiger partial charge in [-0.2, -0.15) is 0 Å². The number of hydrogen-bond acceptors (Lipinski definition) is 4. The summed E-state index contributed by atoms with van der Waals surface area (Å²) in [5, 5.41) is 1.22. The van der Waals surface area contributed by atoms with Crippen molar-refractivity contribution in [1.82, 2.24) is 14.8 Å². The zero-order valence-electron chi connectivity index (χ0n) is 14.1. The van der Waals surface area contributed by atoms with E-state index in [2.05, 4.69) is 46.0 Å². The number of nitrogens with zero attached hydrogens (tertiary/aromatic N) is 2. The van der Waals surface area contributed by atoms with Crippen molar-refractivity contribution in [3.8, 4) is 0 Å². The van der Waals surface area contributed by atoms with Crippen LogP contribution in [0, 0.1) is 0 Å². The van der Waals surface area contributed by atoms with Gasteiger partial charge in [-0.3, -0.25) is 9.80 Å². The van der Waals surface area contributed by atoms with Gasteiger partial charge in [0.2, 0.25) is 0 Å². The Morgan fingerprint density at radius 2 is 1.88 bits per heavy atom. The van der Waals surface area contributed by atoms with Gasteiger partial charge in [-0.1, -0.05) is 13.0 Å². The maximum atomic E-state index is 12.2. The number of benzene rings is 1. The fourth-order valence-corrected chi connectivity index (χ4v) is 6.34. The van der Waals surface area contributed by atoms with Crippen LogP contribution < -0.4 is 0 Å². The Morgan fingerprint density at radius 1 is 1.12 bits per heavy atom. The molecule has 24 heavy (non-hydrogen) atoms. The maximum absolute atomic E-state index is 12.2. The summed E-state index contributed by atoms with van der Waals surface area (Å²) in [6.45, 7) is 5.91. The topological polar surface area (TPSA) is 56.4 Å². The van der Waals surface area contributed by atoms with Crippen LogP contribution in [0.5, 0.6) is 0 Å². The molecule has 0 unspecified atom stereocenters. The Bertz CT molecular complexity index is 830. The van der Waals surface area contributed by atoms with Crippen LogP contribution in [0.4, 0.5) is 0 Å². The molecule has 2 fully saturated rings. The minimum absolute atomic E-state index is 0.136. The van der Waals surface area contributed by atoms with Crippen LogP contribution >= 0.6 is 0 Å². The maximum Gasteiger partial charge on any atom is 0.153 e. The Hall–Kier alpha value is -1.37. The van der Waals surface area contributed by atoms with E-state index in [1.807, 2.05) is 6.20 Å². The minimum Gasteiger partial charge on any atom is -0.361 e. The summed E-state index contributed by atoms with van der Waals surface area (Å²) >= 11 is 0. The average Bonchev–Trinajstić information content (AvgIpc) is 3.12. The first-order valence-corrected chi connectivity index (χ1v) is 10.6. The molecule has 0 aliphatic carbocycles. The monoisotopic (exact) mass is 347 g/mol. The molecule has 130 valence electrons. The number of aromatic nitrogens is 1. The molecule has 2 aliphatic heterocycles. The number of fused-ring (bicyclic) bond motifs is 2. The Labute approximate surface area is 143 Å². The van der Waals surface area contributed by atoms with Crippen molar-refractivity contribution in [2.24, 2.45) is 0 Å². The summed E-state index contributed by atoms with van der Waals surface area (Å²) in [5.74, 6) is 0.634. The molecular formula is C18H25N3O2S. The Kier molecular flexibility index (Phi) is 4.14. The molecule has 5 nitrogen and oxygen atoms in total. The molecule has 0 bridgehead atoms. The van der Waals surface area contributed by atoms with Crippen molar-refractivity contribution >= 4 is 20.7 Å². The summed E-state index contributed by atoms with van der Waals surface area (Å²) in [6.07, 6.45) is 3.03. The van der Waals surface area contributed by atoms with Gasteiger partial charge in [0, 0.05) is 43.4 Å². The molecular weight excluding hydrogens is 322 g/mol. The van der Waals surface area contributed by atoms with Crippen LogP contribution in [0.15, 0.2) is 30.5 Å². The minimum atomic E-state index is -2.92. The van der Waals surface area contributed by atoms with Crippen LogP contribution in [0.25, 0.3) is 10.9 Å². The van der Waals surface area contributed by atoms with E-state index in [-0.39, 0.29) is 12.1 Å². The number of nitrogens with one attached hydrogen (secondary N) is 1. The molecule has 2 saturated heterocycles. The highest BCUT2D eigenvalue weighted by molar-refractivity contribution is 7.91. The summed E-state index contributed by atoms with van der Waals surface area (Å²) in [6, 6.07) is 8.86. The fourth-order valence-electron chi connectivity index (χ4n) is 4.29. The molecule has 0 radical (unpaired) electrons. The molecule has 2 aliphatic rings. The highest BCUT2D eigenvalue weighted by Gasteiger charge is 2.46. The third-order valence-corrected chi connectivity index (χ3v) is 7.12. The lowest BCUT2D eigenvalue weighted by Gasteiger charge is -2.44. The average molecular weight is 347 g/mol. The molecule has 0 spiro atoms. The number of piperazine rings is 1. The molecule has 2 aromatic rings. The zero-order chi connectivity index (χ0) is 16.7. The molecule has 2 atom stereocenters. The van der Waals surface area contributed by atoms with E-state index in [1.54, 1.807) is 0 Å². The van der Waals surface area contributed by atoms with Crippen molar-refractivity contribution in [3.63, 3.8) is 0 Å². The fraction of sp³-hybridized carbons (Fsp3) is 0.556. The molecule has 1 aromatic carbocycles. The van der Waals surface area contributed by atoms with Gasteiger partial charge in [0.15, 0.2) is 9.84 Å². The second-order valence-electron chi connectivity index (χ2n) is 7.12. The zero-order valence-corrected chi connectivity index (χ0v) is 14.9. The third-order valence-electron chi connectivity index (χ3n) is 5.42. The first-order chi connectivity index (χ1) is 11.6. The van der Waals surface area contributed by atoms with Crippen molar-refractivity contribution < 1.29 is 8.42 Å². The van der Waals surface area contributed by atoms with Crippen LogP contribution in [0.1, 0.15) is 18.9 Å². The number of rotatable bonds is 4. The SMILES string of the molecule is CCCN1CCN(Cc2ccc3[nH]ccc3c2)[C@H]2CS(=O)(=O)C[C@H]21. The van der Waals surface area contributed by atoms with Crippen LogP contribution in [0.3, 0.4) is 0 Å². The van der Waals surface area contributed by atoms with Crippen LogP contribution in [-0.4, -0.2) is 66.4 Å². The van der Waals surface area contributed by atoms with Crippen molar-refractivity contribution in [2.75, 3.05) is 31.1 Å². The first-order valence-electron chi connectivity index (χ1n) is 8.80. The smallest absolute Gasteiger partial charge is 0.153 e. The van der Waals surface area contributed by atoms with E-state index in [0.717, 1.165) is 38.1 Å². The van der Waals surface area contributed by atoms with E-state index in [0.29, 0.717) is 11.5 Å². The highest BCUT2D eigenvalue weighted by atomic mass is 32.2. The number of aromatic amines is 1. The van der Waals surface area contributed by atoms with Gasteiger partial charge in [-0.05, 0) is 42.1 Å². The van der Waals surface area contributed by atoms with E-state index in [4.69, 9.17) is 0 Å². The van der Waals surface area contributed by atoms with Crippen molar-refractivity contribution in [3.05, 3.63) is 36.0 Å². The van der Waals surface area contributed by atoms with E-state index >= 15 is 0 Å². The van der Waals surface area contributed by atoms with Gasteiger partial charge in [-0.25, -0.2) is 8.42 Å². The predicted molar refractivity (Wildman–Crippen MR) is 96.8 cm³/mol. The molecule has 3 heterocycles. The van der Waals surface area contributed by atoms with E-state index in [1.165, 1.54) is 10.9 Å². The lowest BCUT2D eigenvalue weighted by molar-refractivity contribution is 0.0406. The largest absolute Gasteiger partial charge is 0.361 e. The lowest BCUT2D eigenvalue weighted by atomic mass is 10.0. The Balaban J connectivity index is 1.56. The second kappa shape index (κ2) is 6.17. The van der Waals surface area contributed by atoms with Crippen LogP contribution in [0.2, 0.25) is 0 Å². The molecule has 1 N–H and O–H groups in total. The Morgan fingerprint density at radius 3 is 2.67 bits per heavy atom. The highest BCUT2D eigenvalue weighted by Crippen LogP contribution is 2.28. The first kappa shape index (κ1) is 16.1. The molecule has 6 heteroatoms. The van der Waals surface area contributed by atoms with Crippen LogP contribution in [-0.2, 0) is 16.4 Å². The number of hydrogen-bond donors (Lipinski definition) is 1. The quantitative estimate of drug-likeness (QED) is 0.917. The van der Waals surface area contributed by atoms with Gasteiger partial charge < -0.3 is 4.98 Å². The van der Waals surface area contributed by atoms with Gasteiger partial charge in [-0.15, -0.1) is 0 Å². The standard InChI is InChI=1S/C18H25N3O2S/c1-2-7-20-8-9-21(18-13-24(22,23)12-17(18)20)11-14-3-4-16-15(10-14)5-6-19-16/h3-6,10,17-19H,2,7-9,11-13H2,1H3/t17-,18+/m1/s1. The van der Waals surface area contributed by atoms with E-state index in [9.17, 15) is 8.42 Å². The second-order valence-corrected chi connectivity index (χ2v) is 9.27. The van der Waals surface area contributed by atoms with Gasteiger partial charge in [0.05, 0.1) is 11.5 Å². The normalized spacial score (nSPS) is 27.5. The summed E-state index contributed by atoms with van der Waals surface area (Å²) in [5.41, 5.74) is 2.40. The third kappa shape index (κ3) is 2.98. The lowest BCUT2D eigenvalue weighted by Crippen LogP contribution is -2.58. The van der Waals surface area contributed by atoms with Crippen molar-refractivity contribution in [1.29, 1.82) is 0 Å². The molecule has 4 rings (SSSR count). The predicted octanol–water partition coefficient (Wildman–Crippen LogP) is 1.86. The summed E-state index contributed by atoms with van der Waals surface area (Å²) < 4.78 is 24.5. The molecule has 0 amide bonds. The van der Waals surface area contributed by atoms with Crippen molar-refractivity contribution in [2.45, 2.75) is 32.0 Å². The van der Waals surface area contributed by atoms with Gasteiger partial charge in [0.25, 0.3) is 0 Å². The molecule has 1 aromatic heterocycles. The molecule has 0 saturated carbocycles. The number of H-pyrrole nitrogens is 1. The van der Waals surface area contributed by atoms with Gasteiger partial charge >= 0.3 is 0 Å². The summed E-state index contributed by atoms with van der Waals surface area (Å²) in [4.78, 5) is 7.99. The summed E-state index contributed by atoms with van der Waals surface area (Å²) in [7, 11) is -2.92. The van der Waals surface area contributed by atoms with Gasteiger partial charge in [0.1, 0.15) is 0 Å².